The summed E-state index contributed by atoms with van der Waals surface area (Å²) >= 11 is 0. The first-order valence-electron chi connectivity index (χ1n) is 6.61. The Morgan fingerprint density at radius 3 is 2.77 bits per heavy atom. The van der Waals surface area contributed by atoms with Gasteiger partial charge >= 0.3 is 0 Å². The van der Waals surface area contributed by atoms with E-state index < -0.39 is 15.8 Å². The highest BCUT2D eigenvalue weighted by Crippen LogP contribution is 2.18. The van der Waals surface area contributed by atoms with Gasteiger partial charge in [0.1, 0.15) is 16.5 Å². The average Bonchev–Trinajstić information content (AvgIpc) is 2.89. The second-order valence-electron chi connectivity index (χ2n) is 4.68. The van der Waals surface area contributed by atoms with Crippen molar-refractivity contribution in [2.24, 2.45) is 0 Å². The number of benzene rings is 1. The number of rotatable bonds is 4. The Bertz CT molecular complexity index is 937. The molecule has 8 heteroatoms. The molecule has 3 aromatic rings. The molecule has 3 rings (SSSR count). The molecule has 0 aliphatic rings. The minimum atomic E-state index is -3.82. The van der Waals surface area contributed by atoms with Crippen LogP contribution in [0.1, 0.15) is 12.7 Å². The topological polar surface area (TPSA) is 76.4 Å². The lowest BCUT2D eigenvalue weighted by atomic mass is 10.3. The molecule has 2 heterocycles. The number of pyridine rings is 1. The lowest BCUT2D eigenvalue weighted by molar-refractivity contribution is 0.600. The largest absolute Gasteiger partial charge is 0.285 e. The molecular weight excluding hydrogens is 307 g/mol. The summed E-state index contributed by atoms with van der Waals surface area (Å²) in [6.45, 7) is 1.91. The number of hydrogen-bond donors (Lipinski definition) is 1. The zero-order valence-electron chi connectivity index (χ0n) is 11.7. The molecule has 0 bridgehead atoms. The number of fused-ring (bicyclic) bond motifs is 1. The summed E-state index contributed by atoms with van der Waals surface area (Å²) in [7, 11) is -3.82. The number of aryl methyl sites for hydroxylation is 1. The zero-order valence-corrected chi connectivity index (χ0v) is 12.5. The number of aromatic nitrogens is 3. The van der Waals surface area contributed by atoms with E-state index in [-0.39, 0.29) is 10.6 Å². The molecule has 0 unspecified atom stereocenters. The Balaban J connectivity index is 2.01. The summed E-state index contributed by atoms with van der Waals surface area (Å²) in [6, 6.07) is 8.29. The Kier molecular flexibility index (Phi) is 3.53. The van der Waals surface area contributed by atoms with Gasteiger partial charge in [-0.25, -0.2) is 12.8 Å². The van der Waals surface area contributed by atoms with E-state index in [1.807, 2.05) is 6.92 Å². The minimum Gasteiger partial charge on any atom is -0.285 e. The number of anilines is 1. The lowest BCUT2D eigenvalue weighted by Gasteiger charge is -2.08. The first kappa shape index (κ1) is 14.5. The van der Waals surface area contributed by atoms with Crippen molar-refractivity contribution < 1.29 is 12.8 Å². The van der Waals surface area contributed by atoms with Gasteiger partial charge in [-0.2, -0.15) is 0 Å². The Morgan fingerprint density at radius 2 is 2.05 bits per heavy atom. The van der Waals surface area contributed by atoms with Gasteiger partial charge in [-0.3, -0.25) is 9.12 Å². The van der Waals surface area contributed by atoms with Crippen LogP contribution in [0.2, 0.25) is 0 Å². The van der Waals surface area contributed by atoms with Crippen molar-refractivity contribution in [3.8, 4) is 0 Å². The molecule has 0 spiro atoms. The summed E-state index contributed by atoms with van der Waals surface area (Å²) in [5.41, 5.74) is 0.737. The summed E-state index contributed by atoms with van der Waals surface area (Å²) in [5, 5.41) is 7.94. The standard InChI is InChI=1S/C14H13FN4O2S/c1-2-13-16-17-14-7-6-12(9-19(13)14)22(20,21)18-11-5-3-4-10(15)8-11/h3-9,18H,2H2,1H3. The van der Waals surface area contributed by atoms with E-state index in [1.54, 1.807) is 10.5 Å². The third-order valence-corrected chi connectivity index (χ3v) is 4.52. The van der Waals surface area contributed by atoms with Crippen molar-refractivity contribution in [3.05, 3.63) is 54.2 Å². The number of nitrogens with zero attached hydrogens (tertiary/aromatic N) is 3. The SMILES string of the molecule is CCc1nnc2ccc(S(=O)(=O)Nc3cccc(F)c3)cn12. The van der Waals surface area contributed by atoms with Crippen molar-refractivity contribution in [2.75, 3.05) is 4.72 Å². The Hall–Kier alpha value is -2.48. The molecule has 0 amide bonds. The van der Waals surface area contributed by atoms with Crippen LogP contribution in [-0.2, 0) is 16.4 Å². The van der Waals surface area contributed by atoms with Crippen LogP contribution in [0.25, 0.3) is 5.65 Å². The van der Waals surface area contributed by atoms with Crippen molar-refractivity contribution in [2.45, 2.75) is 18.2 Å². The molecule has 22 heavy (non-hydrogen) atoms. The second-order valence-corrected chi connectivity index (χ2v) is 6.36. The van der Waals surface area contributed by atoms with Gasteiger partial charge in [-0.15, -0.1) is 10.2 Å². The Morgan fingerprint density at radius 1 is 1.23 bits per heavy atom. The third-order valence-electron chi connectivity index (χ3n) is 3.15. The molecule has 1 aromatic carbocycles. The van der Waals surface area contributed by atoms with E-state index in [9.17, 15) is 12.8 Å². The molecule has 0 atom stereocenters. The molecule has 0 fully saturated rings. The van der Waals surface area contributed by atoms with Gasteiger partial charge in [0.2, 0.25) is 0 Å². The van der Waals surface area contributed by atoms with Crippen molar-refractivity contribution >= 4 is 21.4 Å². The van der Waals surface area contributed by atoms with Crippen LogP contribution in [0.5, 0.6) is 0 Å². The molecular formula is C14H13FN4O2S. The predicted octanol–water partition coefficient (Wildman–Crippen LogP) is 2.23. The fraction of sp³-hybridized carbons (Fsp3) is 0.143. The van der Waals surface area contributed by atoms with Crippen LogP contribution in [0.15, 0.2) is 47.5 Å². The highest BCUT2D eigenvalue weighted by atomic mass is 32.2. The number of halogens is 1. The van der Waals surface area contributed by atoms with E-state index in [1.165, 1.54) is 30.5 Å². The number of hydrogen-bond acceptors (Lipinski definition) is 4. The summed E-state index contributed by atoms with van der Waals surface area (Å²) in [4.78, 5) is 0.0544. The molecule has 2 aromatic heterocycles. The van der Waals surface area contributed by atoms with Gasteiger partial charge in [0.25, 0.3) is 10.0 Å². The fourth-order valence-corrected chi connectivity index (χ4v) is 3.13. The maximum Gasteiger partial charge on any atom is 0.263 e. The van der Waals surface area contributed by atoms with Crippen molar-refractivity contribution in [1.29, 1.82) is 0 Å². The molecule has 0 radical (unpaired) electrons. The molecule has 6 nitrogen and oxygen atoms in total. The molecule has 0 saturated carbocycles. The summed E-state index contributed by atoms with van der Waals surface area (Å²) in [5.74, 6) is 0.153. The molecule has 0 aliphatic heterocycles. The minimum absolute atomic E-state index is 0.0544. The van der Waals surface area contributed by atoms with E-state index in [0.717, 1.165) is 6.07 Å². The average molecular weight is 320 g/mol. The van der Waals surface area contributed by atoms with Gasteiger partial charge in [-0.05, 0) is 30.3 Å². The first-order chi connectivity index (χ1) is 10.5. The van der Waals surface area contributed by atoms with E-state index in [2.05, 4.69) is 14.9 Å². The lowest BCUT2D eigenvalue weighted by Crippen LogP contribution is -2.14. The fourth-order valence-electron chi connectivity index (χ4n) is 2.08. The smallest absolute Gasteiger partial charge is 0.263 e. The second kappa shape index (κ2) is 5.38. The number of sulfonamides is 1. The van der Waals surface area contributed by atoms with Gasteiger partial charge < -0.3 is 0 Å². The summed E-state index contributed by atoms with van der Waals surface area (Å²) in [6.07, 6.45) is 2.08. The van der Waals surface area contributed by atoms with Gasteiger partial charge in [0.15, 0.2) is 5.65 Å². The highest BCUT2D eigenvalue weighted by Gasteiger charge is 2.16. The van der Waals surface area contributed by atoms with Crippen LogP contribution in [0.4, 0.5) is 10.1 Å². The van der Waals surface area contributed by atoms with Gasteiger partial charge in [-0.1, -0.05) is 13.0 Å². The Labute approximate surface area is 126 Å². The normalized spacial score (nSPS) is 11.7. The van der Waals surface area contributed by atoms with Gasteiger partial charge in [0, 0.05) is 12.6 Å². The van der Waals surface area contributed by atoms with E-state index >= 15 is 0 Å². The van der Waals surface area contributed by atoms with Crippen LogP contribution < -0.4 is 4.72 Å². The van der Waals surface area contributed by atoms with E-state index in [4.69, 9.17) is 0 Å². The van der Waals surface area contributed by atoms with Crippen LogP contribution >= 0.6 is 0 Å². The molecule has 0 saturated heterocycles. The summed E-state index contributed by atoms with van der Waals surface area (Å²) < 4.78 is 41.9. The quantitative estimate of drug-likeness (QED) is 0.800. The van der Waals surface area contributed by atoms with E-state index in [0.29, 0.717) is 17.9 Å². The number of nitrogens with one attached hydrogen (secondary N) is 1. The van der Waals surface area contributed by atoms with Crippen LogP contribution in [0, 0.1) is 5.82 Å². The molecule has 114 valence electrons. The van der Waals surface area contributed by atoms with Crippen LogP contribution in [0.3, 0.4) is 0 Å². The van der Waals surface area contributed by atoms with Gasteiger partial charge in [0.05, 0.1) is 5.69 Å². The maximum atomic E-state index is 13.2. The predicted molar refractivity (Wildman–Crippen MR) is 79.6 cm³/mol. The maximum absolute atomic E-state index is 13.2. The molecule has 0 aliphatic carbocycles. The van der Waals surface area contributed by atoms with Crippen LogP contribution in [-0.4, -0.2) is 23.0 Å². The van der Waals surface area contributed by atoms with Crippen molar-refractivity contribution in [1.82, 2.24) is 14.6 Å². The third kappa shape index (κ3) is 2.64. The first-order valence-corrected chi connectivity index (χ1v) is 8.10. The monoisotopic (exact) mass is 320 g/mol. The highest BCUT2D eigenvalue weighted by molar-refractivity contribution is 7.92. The van der Waals surface area contributed by atoms with Crippen molar-refractivity contribution in [3.63, 3.8) is 0 Å². The molecule has 1 N–H and O–H groups in total. The zero-order chi connectivity index (χ0) is 15.7.